The summed E-state index contributed by atoms with van der Waals surface area (Å²) in [6.45, 7) is 3.65. The topological polar surface area (TPSA) is 39.2 Å². The second kappa shape index (κ2) is 4.94. The molecule has 0 bridgehead atoms. The molecule has 0 spiro atoms. The number of carbonyl (C=O) groups excluding carboxylic acids is 1. The molecule has 1 atom stereocenters. The minimum absolute atomic E-state index is 0.0193. The quantitative estimate of drug-likeness (QED) is 0.477. The van der Waals surface area contributed by atoms with E-state index >= 15 is 0 Å². The van der Waals surface area contributed by atoms with Crippen molar-refractivity contribution >= 4 is 33.5 Å². The number of aryl methyl sites for hydroxylation is 1. The molecule has 0 aliphatic carbocycles. The summed E-state index contributed by atoms with van der Waals surface area (Å²) in [6, 6.07) is 1.67. The summed E-state index contributed by atoms with van der Waals surface area (Å²) in [4.78, 5) is 15.6. The molecule has 0 aliphatic heterocycles. The molecule has 1 aromatic rings. The molecule has 0 radical (unpaired) electrons. The van der Waals surface area contributed by atoms with Crippen LogP contribution in [0.3, 0.4) is 0 Å². The molecule has 0 saturated carbocycles. The average Bonchev–Trinajstić information content (AvgIpc) is 2.15. The summed E-state index contributed by atoms with van der Waals surface area (Å²) in [5.41, 5.74) is 1.85. The van der Waals surface area contributed by atoms with E-state index in [1.165, 1.54) is 7.11 Å². The first kappa shape index (κ1) is 12.5. The highest BCUT2D eigenvalue weighted by molar-refractivity contribution is 9.09. The van der Waals surface area contributed by atoms with Gasteiger partial charge in [0.05, 0.1) is 18.4 Å². The number of alkyl halides is 1. The molecule has 0 fully saturated rings. The molecule has 0 N–H and O–H groups in total. The number of carbonyl (C=O) groups is 1. The smallest absolute Gasteiger partial charge is 0.340 e. The highest BCUT2D eigenvalue weighted by Gasteiger charge is 2.19. The Bertz CT molecular complexity index is 393. The SMILES string of the molecule is COC(=O)c1c(C(C)Br)cc(Cl)nc1C. The van der Waals surface area contributed by atoms with Crippen LogP contribution in [0.15, 0.2) is 6.07 Å². The van der Waals surface area contributed by atoms with Gasteiger partial charge in [-0.1, -0.05) is 27.5 Å². The van der Waals surface area contributed by atoms with E-state index in [2.05, 4.69) is 20.9 Å². The normalized spacial score (nSPS) is 12.3. The standard InChI is InChI=1S/C10H11BrClNO2/c1-5(11)7-4-8(12)13-6(2)9(7)10(14)15-3/h4-5H,1-3H3. The second-order valence-electron chi connectivity index (χ2n) is 3.10. The van der Waals surface area contributed by atoms with Crippen molar-refractivity contribution in [3.63, 3.8) is 0 Å². The molecule has 0 aromatic carbocycles. The van der Waals surface area contributed by atoms with Crippen molar-refractivity contribution in [1.29, 1.82) is 0 Å². The van der Waals surface area contributed by atoms with Gasteiger partial charge in [0, 0.05) is 4.83 Å². The van der Waals surface area contributed by atoms with Crippen molar-refractivity contribution in [3.8, 4) is 0 Å². The number of esters is 1. The third-order valence-electron chi connectivity index (χ3n) is 2.02. The minimum Gasteiger partial charge on any atom is -0.465 e. The zero-order chi connectivity index (χ0) is 11.6. The van der Waals surface area contributed by atoms with Crippen LogP contribution in [-0.2, 0) is 4.74 Å². The summed E-state index contributed by atoms with van der Waals surface area (Å²) >= 11 is 9.23. The summed E-state index contributed by atoms with van der Waals surface area (Å²) in [5.74, 6) is -0.391. The van der Waals surface area contributed by atoms with Gasteiger partial charge in [-0.15, -0.1) is 0 Å². The maximum atomic E-state index is 11.5. The van der Waals surface area contributed by atoms with Crippen LogP contribution in [-0.4, -0.2) is 18.1 Å². The first-order valence-electron chi connectivity index (χ1n) is 4.36. The van der Waals surface area contributed by atoms with Crippen LogP contribution < -0.4 is 0 Å². The van der Waals surface area contributed by atoms with Crippen molar-refractivity contribution in [2.24, 2.45) is 0 Å². The molecule has 5 heteroatoms. The van der Waals surface area contributed by atoms with Gasteiger partial charge in [-0.3, -0.25) is 0 Å². The Morgan fingerprint density at radius 3 is 2.73 bits per heavy atom. The van der Waals surface area contributed by atoms with Crippen LogP contribution in [0.5, 0.6) is 0 Å². The lowest BCUT2D eigenvalue weighted by Gasteiger charge is -2.12. The molecule has 0 saturated heterocycles. The molecule has 1 rings (SSSR count). The van der Waals surface area contributed by atoms with Gasteiger partial charge in [-0.25, -0.2) is 9.78 Å². The van der Waals surface area contributed by atoms with Crippen LogP contribution in [0.25, 0.3) is 0 Å². The number of halogens is 2. The van der Waals surface area contributed by atoms with Crippen molar-refractivity contribution in [2.45, 2.75) is 18.7 Å². The fourth-order valence-electron chi connectivity index (χ4n) is 1.34. The van der Waals surface area contributed by atoms with Crippen molar-refractivity contribution in [2.75, 3.05) is 7.11 Å². The minimum atomic E-state index is -0.391. The fourth-order valence-corrected chi connectivity index (χ4v) is 1.94. The van der Waals surface area contributed by atoms with E-state index in [9.17, 15) is 4.79 Å². The number of pyridine rings is 1. The Labute approximate surface area is 102 Å². The molecule has 3 nitrogen and oxygen atoms in total. The van der Waals surface area contributed by atoms with Crippen molar-refractivity contribution in [3.05, 3.63) is 28.0 Å². The van der Waals surface area contributed by atoms with E-state index in [0.29, 0.717) is 16.4 Å². The van der Waals surface area contributed by atoms with Gasteiger partial charge in [0.2, 0.25) is 0 Å². The lowest BCUT2D eigenvalue weighted by molar-refractivity contribution is 0.0598. The number of hydrogen-bond acceptors (Lipinski definition) is 3. The number of methoxy groups -OCH3 is 1. The first-order chi connectivity index (χ1) is 6.97. The molecule has 1 unspecified atom stereocenters. The van der Waals surface area contributed by atoms with Gasteiger partial charge in [0.1, 0.15) is 5.15 Å². The second-order valence-corrected chi connectivity index (χ2v) is 4.86. The number of hydrogen-bond donors (Lipinski definition) is 0. The molecule has 82 valence electrons. The predicted octanol–water partition coefficient (Wildman–Crippen LogP) is 3.29. The van der Waals surface area contributed by atoms with Crippen LogP contribution in [0.1, 0.15) is 33.4 Å². The predicted molar refractivity (Wildman–Crippen MR) is 62.7 cm³/mol. The van der Waals surface area contributed by atoms with Gasteiger partial charge in [0.15, 0.2) is 0 Å². The van der Waals surface area contributed by atoms with E-state index < -0.39 is 5.97 Å². The molecular weight excluding hydrogens is 281 g/mol. The Balaban J connectivity index is 3.40. The van der Waals surface area contributed by atoms with Crippen LogP contribution in [0, 0.1) is 6.92 Å². The third kappa shape index (κ3) is 2.69. The maximum Gasteiger partial charge on any atom is 0.340 e. The molecular formula is C10H11BrClNO2. The number of aromatic nitrogens is 1. The van der Waals surface area contributed by atoms with E-state index in [-0.39, 0.29) is 4.83 Å². The van der Waals surface area contributed by atoms with E-state index in [0.717, 1.165) is 5.56 Å². The Hall–Kier alpha value is -0.610. The lowest BCUT2D eigenvalue weighted by Crippen LogP contribution is -2.10. The first-order valence-corrected chi connectivity index (χ1v) is 5.66. The van der Waals surface area contributed by atoms with Crippen molar-refractivity contribution in [1.82, 2.24) is 4.98 Å². The van der Waals surface area contributed by atoms with Crippen LogP contribution in [0.2, 0.25) is 5.15 Å². The maximum absolute atomic E-state index is 11.5. The third-order valence-corrected chi connectivity index (χ3v) is 2.70. The number of rotatable bonds is 2. The van der Waals surface area contributed by atoms with Gasteiger partial charge in [-0.05, 0) is 25.5 Å². The fraction of sp³-hybridized carbons (Fsp3) is 0.400. The number of nitrogens with zero attached hydrogens (tertiary/aromatic N) is 1. The Morgan fingerprint density at radius 2 is 2.27 bits per heavy atom. The van der Waals surface area contributed by atoms with E-state index in [4.69, 9.17) is 16.3 Å². The summed E-state index contributed by atoms with van der Waals surface area (Å²) < 4.78 is 4.70. The van der Waals surface area contributed by atoms with Gasteiger partial charge in [-0.2, -0.15) is 0 Å². The lowest BCUT2D eigenvalue weighted by atomic mass is 10.1. The van der Waals surface area contributed by atoms with E-state index in [1.54, 1.807) is 13.0 Å². The van der Waals surface area contributed by atoms with Gasteiger partial charge >= 0.3 is 5.97 Å². The molecule has 15 heavy (non-hydrogen) atoms. The summed E-state index contributed by atoms with van der Waals surface area (Å²) in [7, 11) is 1.35. The van der Waals surface area contributed by atoms with E-state index in [1.807, 2.05) is 6.92 Å². The van der Waals surface area contributed by atoms with Gasteiger partial charge < -0.3 is 4.74 Å². The summed E-state index contributed by atoms with van der Waals surface area (Å²) in [6.07, 6.45) is 0. The summed E-state index contributed by atoms with van der Waals surface area (Å²) in [5, 5.41) is 0.376. The number of ether oxygens (including phenoxy) is 1. The van der Waals surface area contributed by atoms with Crippen molar-refractivity contribution < 1.29 is 9.53 Å². The molecule has 1 aromatic heterocycles. The zero-order valence-electron chi connectivity index (χ0n) is 8.67. The highest BCUT2D eigenvalue weighted by atomic mass is 79.9. The Morgan fingerprint density at radius 1 is 1.67 bits per heavy atom. The van der Waals surface area contributed by atoms with Gasteiger partial charge in [0.25, 0.3) is 0 Å². The monoisotopic (exact) mass is 291 g/mol. The van der Waals surface area contributed by atoms with Crippen LogP contribution >= 0.6 is 27.5 Å². The van der Waals surface area contributed by atoms with Crippen LogP contribution in [0.4, 0.5) is 0 Å². The molecule has 1 heterocycles. The average molecular weight is 293 g/mol. The Kier molecular flexibility index (Phi) is 4.11. The molecule has 0 aliphatic rings. The largest absolute Gasteiger partial charge is 0.465 e. The highest BCUT2D eigenvalue weighted by Crippen LogP contribution is 2.29. The zero-order valence-corrected chi connectivity index (χ0v) is 11.0. The molecule has 0 amide bonds.